The SMILES string of the molecule is Cn1nccc1CN1CCC(Cc2ncncc2C(=O)NC2CCCC2)CC1. The molecule has 150 valence electrons. The fraction of sp³-hybridized carbons (Fsp3) is 0.619. The zero-order valence-corrected chi connectivity index (χ0v) is 16.7. The molecule has 1 saturated carbocycles. The highest BCUT2D eigenvalue weighted by Crippen LogP contribution is 2.24. The van der Waals surface area contributed by atoms with Gasteiger partial charge in [0.1, 0.15) is 6.33 Å². The highest BCUT2D eigenvalue weighted by atomic mass is 16.1. The van der Waals surface area contributed by atoms with Crippen LogP contribution in [0.15, 0.2) is 24.8 Å². The van der Waals surface area contributed by atoms with Crippen LogP contribution in [0.4, 0.5) is 0 Å². The number of piperidine rings is 1. The number of amides is 1. The quantitative estimate of drug-likeness (QED) is 0.830. The normalized spacial score (nSPS) is 19.2. The van der Waals surface area contributed by atoms with Crippen molar-refractivity contribution in [3.05, 3.63) is 41.7 Å². The fourth-order valence-corrected chi connectivity index (χ4v) is 4.45. The van der Waals surface area contributed by atoms with Gasteiger partial charge in [0.05, 0.1) is 17.0 Å². The van der Waals surface area contributed by atoms with Crippen LogP contribution < -0.4 is 5.32 Å². The summed E-state index contributed by atoms with van der Waals surface area (Å²) >= 11 is 0. The predicted molar refractivity (Wildman–Crippen MR) is 107 cm³/mol. The zero-order chi connectivity index (χ0) is 19.3. The average Bonchev–Trinajstić information content (AvgIpc) is 3.36. The molecule has 0 radical (unpaired) electrons. The van der Waals surface area contributed by atoms with Crippen LogP contribution in [-0.2, 0) is 20.0 Å². The summed E-state index contributed by atoms with van der Waals surface area (Å²) in [7, 11) is 2.00. The Bertz CT molecular complexity index is 790. The number of rotatable bonds is 6. The molecule has 0 bridgehead atoms. The largest absolute Gasteiger partial charge is 0.349 e. The Morgan fingerprint density at radius 2 is 2.00 bits per heavy atom. The Kier molecular flexibility index (Phi) is 6.00. The molecule has 0 unspecified atom stereocenters. The average molecular weight is 383 g/mol. The topological polar surface area (TPSA) is 75.9 Å². The van der Waals surface area contributed by atoms with E-state index in [0.29, 0.717) is 17.5 Å². The van der Waals surface area contributed by atoms with Gasteiger partial charge in [-0.3, -0.25) is 14.4 Å². The number of carbonyl (C=O) groups is 1. The van der Waals surface area contributed by atoms with E-state index in [9.17, 15) is 4.79 Å². The second-order valence-corrected chi connectivity index (χ2v) is 8.21. The van der Waals surface area contributed by atoms with Crippen molar-refractivity contribution >= 4 is 5.91 Å². The summed E-state index contributed by atoms with van der Waals surface area (Å²) in [6, 6.07) is 2.40. The van der Waals surface area contributed by atoms with Gasteiger partial charge in [0, 0.05) is 32.0 Å². The number of likely N-dealkylation sites (tertiary alicyclic amines) is 1. The maximum Gasteiger partial charge on any atom is 0.254 e. The van der Waals surface area contributed by atoms with Crippen LogP contribution in [0.5, 0.6) is 0 Å². The number of hydrogen-bond acceptors (Lipinski definition) is 5. The molecule has 28 heavy (non-hydrogen) atoms. The van der Waals surface area contributed by atoms with Crippen molar-refractivity contribution in [1.82, 2.24) is 30.0 Å². The monoisotopic (exact) mass is 382 g/mol. The van der Waals surface area contributed by atoms with E-state index in [1.165, 1.54) is 18.5 Å². The van der Waals surface area contributed by atoms with E-state index in [1.54, 1.807) is 12.5 Å². The first-order valence-corrected chi connectivity index (χ1v) is 10.5. The first-order valence-electron chi connectivity index (χ1n) is 10.5. The molecule has 1 aliphatic heterocycles. The first-order chi connectivity index (χ1) is 13.7. The van der Waals surface area contributed by atoms with Gasteiger partial charge in [-0.1, -0.05) is 12.8 Å². The third-order valence-electron chi connectivity index (χ3n) is 6.23. The van der Waals surface area contributed by atoms with Crippen LogP contribution in [0.1, 0.15) is 60.3 Å². The standard InChI is InChI=1S/C21H30N6O/c1-26-18(6-9-24-26)14-27-10-7-16(8-11-27)12-20-19(13-22-15-23-20)21(28)25-17-4-2-3-5-17/h6,9,13,15-17H,2-5,7-8,10-12,14H2,1H3,(H,25,28). The second kappa shape index (κ2) is 8.82. The summed E-state index contributed by atoms with van der Waals surface area (Å²) in [5, 5.41) is 7.43. The van der Waals surface area contributed by atoms with E-state index in [0.717, 1.165) is 57.4 Å². The maximum atomic E-state index is 12.7. The summed E-state index contributed by atoms with van der Waals surface area (Å²) in [6.45, 7) is 3.10. The van der Waals surface area contributed by atoms with Crippen LogP contribution in [-0.4, -0.2) is 49.7 Å². The van der Waals surface area contributed by atoms with E-state index in [2.05, 4.69) is 31.3 Å². The molecule has 1 amide bonds. The smallest absolute Gasteiger partial charge is 0.254 e. The number of nitrogens with one attached hydrogen (secondary N) is 1. The molecule has 0 spiro atoms. The van der Waals surface area contributed by atoms with E-state index >= 15 is 0 Å². The minimum absolute atomic E-state index is 0.00357. The lowest BCUT2D eigenvalue weighted by atomic mass is 9.90. The summed E-state index contributed by atoms with van der Waals surface area (Å²) in [4.78, 5) is 23.8. The van der Waals surface area contributed by atoms with Crippen LogP contribution in [0.25, 0.3) is 0 Å². The Hall–Kier alpha value is -2.28. The molecule has 1 aliphatic carbocycles. The predicted octanol–water partition coefficient (Wildman–Crippen LogP) is 2.34. The van der Waals surface area contributed by atoms with Crippen molar-refractivity contribution in [3.63, 3.8) is 0 Å². The van der Waals surface area contributed by atoms with Crippen molar-refractivity contribution in [3.8, 4) is 0 Å². The lowest BCUT2D eigenvalue weighted by molar-refractivity contribution is 0.0935. The summed E-state index contributed by atoms with van der Waals surface area (Å²) in [5.41, 5.74) is 2.81. The van der Waals surface area contributed by atoms with Gasteiger partial charge in [-0.25, -0.2) is 9.97 Å². The molecular weight excluding hydrogens is 352 g/mol. The van der Waals surface area contributed by atoms with Crippen molar-refractivity contribution < 1.29 is 4.79 Å². The molecule has 0 aromatic carbocycles. The van der Waals surface area contributed by atoms with E-state index in [4.69, 9.17) is 0 Å². The van der Waals surface area contributed by atoms with Gasteiger partial charge >= 0.3 is 0 Å². The zero-order valence-electron chi connectivity index (χ0n) is 16.7. The number of carbonyl (C=O) groups excluding carboxylic acids is 1. The summed E-state index contributed by atoms with van der Waals surface area (Å²) in [6.07, 6.45) is 12.8. The molecule has 7 nitrogen and oxygen atoms in total. The molecule has 7 heteroatoms. The third-order valence-corrected chi connectivity index (χ3v) is 6.23. The Labute approximate surface area is 166 Å². The Morgan fingerprint density at radius 3 is 2.71 bits per heavy atom. The lowest BCUT2D eigenvalue weighted by Crippen LogP contribution is -2.35. The molecule has 1 N–H and O–H groups in total. The lowest BCUT2D eigenvalue weighted by Gasteiger charge is -2.32. The molecule has 2 aliphatic rings. The van der Waals surface area contributed by atoms with Crippen LogP contribution in [0, 0.1) is 5.92 Å². The van der Waals surface area contributed by atoms with Gasteiger partial charge in [0.2, 0.25) is 0 Å². The van der Waals surface area contributed by atoms with Gasteiger partial charge < -0.3 is 5.32 Å². The molecule has 1 saturated heterocycles. The number of hydrogen-bond donors (Lipinski definition) is 1. The van der Waals surface area contributed by atoms with Gasteiger partial charge in [0.15, 0.2) is 0 Å². The van der Waals surface area contributed by atoms with Crippen LogP contribution in [0.2, 0.25) is 0 Å². The number of aromatic nitrogens is 4. The molecule has 4 rings (SSSR count). The third kappa shape index (κ3) is 4.58. The molecule has 3 heterocycles. The van der Waals surface area contributed by atoms with Crippen molar-refractivity contribution in [2.45, 2.75) is 57.5 Å². The van der Waals surface area contributed by atoms with Gasteiger partial charge in [0.25, 0.3) is 5.91 Å². The van der Waals surface area contributed by atoms with Crippen LogP contribution in [0.3, 0.4) is 0 Å². The maximum absolute atomic E-state index is 12.7. The van der Waals surface area contributed by atoms with Crippen LogP contribution >= 0.6 is 0 Å². The fourth-order valence-electron chi connectivity index (χ4n) is 4.45. The minimum atomic E-state index is -0.00357. The van der Waals surface area contributed by atoms with Crippen molar-refractivity contribution in [2.24, 2.45) is 13.0 Å². The summed E-state index contributed by atoms with van der Waals surface area (Å²) < 4.78 is 1.95. The van der Waals surface area contributed by atoms with Crippen molar-refractivity contribution in [2.75, 3.05) is 13.1 Å². The van der Waals surface area contributed by atoms with E-state index in [1.807, 2.05) is 17.9 Å². The van der Waals surface area contributed by atoms with E-state index in [-0.39, 0.29) is 5.91 Å². The number of nitrogens with zero attached hydrogens (tertiary/aromatic N) is 5. The molecular formula is C21H30N6O. The molecule has 0 atom stereocenters. The second-order valence-electron chi connectivity index (χ2n) is 8.21. The van der Waals surface area contributed by atoms with Crippen molar-refractivity contribution in [1.29, 1.82) is 0 Å². The minimum Gasteiger partial charge on any atom is -0.349 e. The van der Waals surface area contributed by atoms with E-state index < -0.39 is 0 Å². The highest BCUT2D eigenvalue weighted by molar-refractivity contribution is 5.95. The van der Waals surface area contributed by atoms with Gasteiger partial charge in [-0.05, 0) is 57.2 Å². The molecule has 2 fully saturated rings. The Balaban J connectivity index is 1.32. The Morgan fingerprint density at radius 1 is 1.21 bits per heavy atom. The van der Waals surface area contributed by atoms with Gasteiger partial charge in [-0.2, -0.15) is 5.10 Å². The number of aryl methyl sites for hydroxylation is 1. The highest BCUT2D eigenvalue weighted by Gasteiger charge is 2.24. The van der Waals surface area contributed by atoms with Gasteiger partial charge in [-0.15, -0.1) is 0 Å². The first kappa shape index (κ1) is 19.1. The summed E-state index contributed by atoms with van der Waals surface area (Å²) in [5.74, 6) is 0.562. The molecule has 2 aromatic heterocycles. The molecule has 2 aromatic rings.